The normalized spacial score (nSPS) is 20.1. The maximum Gasteiger partial charge on any atom is 0.249 e. The fraction of sp³-hybridized carbons (Fsp3) is 0.480. The van der Waals surface area contributed by atoms with Crippen LogP contribution in [0.4, 0.5) is 5.69 Å². The van der Waals surface area contributed by atoms with E-state index < -0.39 is 0 Å². The molecule has 5 nitrogen and oxygen atoms in total. The third-order valence-corrected chi connectivity index (χ3v) is 5.88. The van der Waals surface area contributed by atoms with E-state index in [9.17, 15) is 4.79 Å². The van der Waals surface area contributed by atoms with Crippen LogP contribution in [0.5, 0.6) is 0 Å². The molecule has 5 heteroatoms. The van der Waals surface area contributed by atoms with Gasteiger partial charge in [0.05, 0.1) is 19.3 Å². The van der Waals surface area contributed by atoms with E-state index in [1.807, 2.05) is 47.4 Å². The summed E-state index contributed by atoms with van der Waals surface area (Å²) in [7, 11) is 0. The molecule has 2 saturated heterocycles. The molecule has 160 valence electrons. The fourth-order valence-electron chi connectivity index (χ4n) is 4.22. The summed E-state index contributed by atoms with van der Waals surface area (Å²) >= 11 is 0. The smallest absolute Gasteiger partial charge is 0.249 e. The minimum absolute atomic E-state index is 0.148. The first-order chi connectivity index (χ1) is 14.8. The van der Waals surface area contributed by atoms with Crippen LogP contribution in [0.2, 0.25) is 0 Å². The van der Waals surface area contributed by atoms with Crippen LogP contribution in [0.1, 0.15) is 49.3 Å². The second-order valence-corrected chi connectivity index (χ2v) is 8.22. The van der Waals surface area contributed by atoms with Gasteiger partial charge in [0.2, 0.25) is 5.91 Å². The summed E-state index contributed by atoms with van der Waals surface area (Å²) in [6.45, 7) is 3.73. The van der Waals surface area contributed by atoms with Gasteiger partial charge in [0.1, 0.15) is 6.04 Å². The van der Waals surface area contributed by atoms with Crippen molar-refractivity contribution in [3.63, 3.8) is 0 Å². The third-order valence-electron chi connectivity index (χ3n) is 5.88. The van der Waals surface area contributed by atoms with E-state index in [0.29, 0.717) is 13.2 Å². The van der Waals surface area contributed by atoms with E-state index in [1.165, 1.54) is 6.42 Å². The van der Waals surface area contributed by atoms with Gasteiger partial charge in [-0.15, -0.1) is 0 Å². The van der Waals surface area contributed by atoms with E-state index in [1.54, 1.807) is 0 Å². The van der Waals surface area contributed by atoms with Gasteiger partial charge >= 0.3 is 0 Å². The lowest BCUT2D eigenvalue weighted by Crippen LogP contribution is -2.36. The van der Waals surface area contributed by atoms with Gasteiger partial charge in [-0.3, -0.25) is 4.79 Å². The number of likely N-dealkylation sites (tertiary alicyclic amines) is 1. The number of rotatable bonds is 8. The number of anilines is 1. The van der Waals surface area contributed by atoms with Gasteiger partial charge < -0.3 is 19.7 Å². The van der Waals surface area contributed by atoms with Gasteiger partial charge in [-0.05, 0) is 55.4 Å². The van der Waals surface area contributed by atoms with E-state index in [-0.39, 0.29) is 18.1 Å². The molecule has 0 bridgehead atoms. The average molecular weight is 409 g/mol. The van der Waals surface area contributed by atoms with Crippen molar-refractivity contribution in [2.75, 3.05) is 31.6 Å². The van der Waals surface area contributed by atoms with Crippen LogP contribution >= 0.6 is 0 Å². The van der Waals surface area contributed by atoms with Crippen LogP contribution in [0.15, 0.2) is 54.6 Å². The lowest BCUT2D eigenvalue weighted by atomic mass is 10.0. The Bertz CT molecular complexity index is 799. The molecule has 0 aromatic heterocycles. The van der Waals surface area contributed by atoms with Gasteiger partial charge in [-0.25, -0.2) is 0 Å². The molecule has 2 aromatic rings. The van der Waals surface area contributed by atoms with Crippen LogP contribution in [-0.2, 0) is 20.9 Å². The first kappa shape index (κ1) is 20.9. The van der Waals surface area contributed by atoms with Gasteiger partial charge in [-0.2, -0.15) is 0 Å². The number of amides is 1. The quantitative estimate of drug-likeness (QED) is 0.696. The molecule has 2 fully saturated rings. The maximum atomic E-state index is 13.2. The molecule has 2 unspecified atom stereocenters. The van der Waals surface area contributed by atoms with E-state index in [2.05, 4.69) is 17.4 Å². The first-order valence-corrected chi connectivity index (χ1v) is 11.2. The topological polar surface area (TPSA) is 50.8 Å². The summed E-state index contributed by atoms with van der Waals surface area (Å²) in [5.41, 5.74) is 3.02. The van der Waals surface area contributed by atoms with Crippen LogP contribution < -0.4 is 5.32 Å². The minimum atomic E-state index is -0.379. The van der Waals surface area contributed by atoms with Crippen molar-refractivity contribution in [1.82, 2.24) is 4.90 Å². The summed E-state index contributed by atoms with van der Waals surface area (Å²) in [5.74, 6) is 0.148. The summed E-state index contributed by atoms with van der Waals surface area (Å²) in [6, 6.07) is 17.8. The second-order valence-electron chi connectivity index (χ2n) is 8.22. The van der Waals surface area contributed by atoms with Crippen LogP contribution in [0.3, 0.4) is 0 Å². The monoisotopic (exact) mass is 408 g/mol. The summed E-state index contributed by atoms with van der Waals surface area (Å²) in [5, 5.41) is 3.48. The number of nitrogens with one attached hydrogen (secondary N) is 1. The van der Waals surface area contributed by atoms with Crippen LogP contribution in [-0.4, -0.2) is 43.2 Å². The van der Waals surface area contributed by atoms with Gasteiger partial charge in [-0.1, -0.05) is 42.5 Å². The Labute approximate surface area is 179 Å². The number of nitrogens with zero attached hydrogens (tertiary/aromatic N) is 1. The predicted octanol–water partition coefficient (Wildman–Crippen LogP) is 4.55. The van der Waals surface area contributed by atoms with Gasteiger partial charge in [0.25, 0.3) is 0 Å². The van der Waals surface area contributed by atoms with Crippen molar-refractivity contribution >= 4 is 11.6 Å². The number of hydrogen-bond donors (Lipinski definition) is 1. The first-order valence-electron chi connectivity index (χ1n) is 11.2. The average Bonchev–Trinajstić information content (AvgIpc) is 3.34. The molecule has 1 amide bonds. The number of benzene rings is 2. The van der Waals surface area contributed by atoms with E-state index in [4.69, 9.17) is 9.47 Å². The molecule has 2 aromatic carbocycles. The zero-order valence-corrected chi connectivity index (χ0v) is 17.6. The Hall–Kier alpha value is -2.37. The van der Waals surface area contributed by atoms with Crippen LogP contribution in [0.25, 0.3) is 0 Å². The molecule has 0 saturated carbocycles. The number of carbonyl (C=O) groups excluding carboxylic acids is 1. The highest BCUT2D eigenvalue weighted by atomic mass is 16.5. The number of ether oxygens (including phenoxy) is 2. The SMILES string of the molecule is O=C(C(Nc1cccc(COCC2CCCCO2)c1)c1ccccc1)N1CCCC1. The van der Waals surface area contributed by atoms with E-state index in [0.717, 1.165) is 62.2 Å². The third kappa shape index (κ3) is 5.61. The van der Waals surface area contributed by atoms with Crippen molar-refractivity contribution in [3.05, 3.63) is 65.7 Å². The summed E-state index contributed by atoms with van der Waals surface area (Å²) in [4.78, 5) is 15.2. The minimum Gasteiger partial charge on any atom is -0.376 e. The van der Waals surface area contributed by atoms with Crippen LogP contribution in [0, 0.1) is 0 Å². The maximum absolute atomic E-state index is 13.2. The van der Waals surface area contributed by atoms with Crippen molar-refractivity contribution < 1.29 is 14.3 Å². The van der Waals surface area contributed by atoms with Crippen molar-refractivity contribution in [1.29, 1.82) is 0 Å². The lowest BCUT2D eigenvalue weighted by Gasteiger charge is -2.25. The molecule has 0 spiro atoms. The van der Waals surface area contributed by atoms with Gasteiger partial charge in [0, 0.05) is 25.4 Å². The molecule has 0 aliphatic carbocycles. The summed E-state index contributed by atoms with van der Waals surface area (Å²) in [6.07, 6.45) is 5.86. The number of hydrogen-bond acceptors (Lipinski definition) is 4. The zero-order chi connectivity index (χ0) is 20.6. The Morgan fingerprint density at radius 2 is 1.90 bits per heavy atom. The molecule has 0 radical (unpaired) electrons. The molecule has 4 rings (SSSR count). The largest absolute Gasteiger partial charge is 0.376 e. The highest BCUT2D eigenvalue weighted by Gasteiger charge is 2.27. The van der Waals surface area contributed by atoms with Crippen molar-refractivity contribution in [3.8, 4) is 0 Å². The van der Waals surface area contributed by atoms with Gasteiger partial charge in [0.15, 0.2) is 0 Å². The molecule has 2 aliphatic rings. The van der Waals surface area contributed by atoms with Crippen molar-refractivity contribution in [2.24, 2.45) is 0 Å². The summed E-state index contributed by atoms with van der Waals surface area (Å²) < 4.78 is 11.6. The molecular weight excluding hydrogens is 376 g/mol. The highest BCUT2D eigenvalue weighted by Crippen LogP contribution is 2.25. The predicted molar refractivity (Wildman–Crippen MR) is 118 cm³/mol. The lowest BCUT2D eigenvalue weighted by molar-refractivity contribution is -0.131. The Balaban J connectivity index is 1.41. The molecule has 30 heavy (non-hydrogen) atoms. The molecular formula is C25H32N2O3. The molecule has 1 N–H and O–H groups in total. The van der Waals surface area contributed by atoms with Crippen molar-refractivity contribution in [2.45, 2.75) is 50.9 Å². The Morgan fingerprint density at radius 3 is 2.67 bits per heavy atom. The second kappa shape index (κ2) is 10.6. The zero-order valence-electron chi connectivity index (χ0n) is 17.6. The Kier molecular flexibility index (Phi) is 7.38. The van der Waals surface area contributed by atoms with E-state index >= 15 is 0 Å². The Morgan fingerprint density at radius 1 is 1.07 bits per heavy atom. The fourth-order valence-corrected chi connectivity index (χ4v) is 4.22. The number of carbonyl (C=O) groups is 1. The highest BCUT2D eigenvalue weighted by molar-refractivity contribution is 5.86. The molecule has 2 heterocycles. The standard InChI is InChI=1S/C25H32N2O3/c28-25(27-14-5-6-15-27)24(21-10-2-1-3-11-21)26-22-12-8-9-20(17-22)18-29-19-23-13-4-7-16-30-23/h1-3,8-12,17,23-24,26H,4-7,13-16,18-19H2. The molecule has 2 aliphatic heterocycles. The molecule has 2 atom stereocenters.